The average molecular weight is 372 g/mol. The van der Waals surface area contributed by atoms with Crippen molar-refractivity contribution in [2.45, 2.75) is 59.2 Å². The Hall–Kier alpha value is -2.57. The predicted molar refractivity (Wildman–Crippen MR) is 104 cm³/mol. The molecule has 0 atom stereocenters. The van der Waals surface area contributed by atoms with Crippen molar-refractivity contribution in [3.63, 3.8) is 0 Å². The summed E-state index contributed by atoms with van der Waals surface area (Å²) in [6.45, 7) is 6.69. The number of hydrogen-bond acceptors (Lipinski definition) is 5. The van der Waals surface area contributed by atoms with Crippen LogP contribution in [-0.2, 0) is 35.6 Å². The van der Waals surface area contributed by atoms with Crippen LogP contribution in [0.15, 0.2) is 29.1 Å². The number of fused-ring (bicyclic) bond motifs is 1. The monoisotopic (exact) mass is 372 g/mol. The van der Waals surface area contributed by atoms with E-state index in [-0.39, 0.29) is 18.8 Å². The minimum absolute atomic E-state index is 0.147. The van der Waals surface area contributed by atoms with Gasteiger partial charge in [-0.25, -0.2) is 9.48 Å². The lowest BCUT2D eigenvalue weighted by atomic mass is 10.1. The van der Waals surface area contributed by atoms with Gasteiger partial charge in [-0.15, -0.1) is 0 Å². The molecule has 3 rings (SSSR count). The molecular weight excluding hydrogens is 344 g/mol. The maximum Gasteiger partial charge on any atom is 0.346 e. The second-order valence-electron chi connectivity index (χ2n) is 6.78. The van der Waals surface area contributed by atoms with Crippen LogP contribution < -0.4 is 10.6 Å². The molecule has 1 aliphatic heterocycles. The van der Waals surface area contributed by atoms with Crippen molar-refractivity contribution in [3.8, 4) is 0 Å². The number of rotatable bonds is 7. The van der Waals surface area contributed by atoms with Gasteiger partial charge in [0.25, 0.3) is 0 Å². The van der Waals surface area contributed by atoms with Crippen LogP contribution >= 0.6 is 0 Å². The normalized spacial score (nSPS) is 13.7. The molecule has 0 aliphatic carbocycles. The van der Waals surface area contributed by atoms with Gasteiger partial charge >= 0.3 is 11.7 Å². The van der Waals surface area contributed by atoms with Crippen molar-refractivity contribution in [1.82, 2.24) is 14.3 Å². The van der Waals surface area contributed by atoms with Crippen LogP contribution in [0.1, 0.15) is 44.5 Å². The maximum atomic E-state index is 12.4. The van der Waals surface area contributed by atoms with Gasteiger partial charge in [0, 0.05) is 37.3 Å². The Bertz CT molecular complexity index is 836. The molecule has 0 saturated heterocycles. The third kappa shape index (κ3) is 4.40. The van der Waals surface area contributed by atoms with Crippen LogP contribution in [0.4, 0.5) is 5.69 Å². The summed E-state index contributed by atoms with van der Waals surface area (Å²) in [4.78, 5) is 27.0. The molecule has 1 aromatic carbocycles. The Morgan fingerprint density at radius 3 is 2.74 bits per heavy atom. The van der Waals surface area contributed by atoms with E-state index >= 15 is 0 Å². The van der Waals surface area contributed by atoms with Gasteiger partial charge in [-0.1, -0.05) is 24.6 Å². The van der Waals surface area contributed by atoms with E-state index in [1.54, 1.807) is 4.57 Å². The number of aryl methyl sites for hydroxylation is 1. The zero-order valence-corrected chi connectivity index (χ0v) is 16.2. The third-order valence-electron chi connectivity index (χ3n) is 5.04. The topological polar surface area (TPSA) is 69.4 Å². The Kier molecular flexibility index (Phi) is 6.32. The van der Waals surface area contributed by atoms with Crippen LogP contribution in [0.25, 0.3) is 0 Å². The van der Waals surface area contributed by atoms with Gasteiger partial charge < -0.3 is 9.64 Å². The van der Waals surface area contributed by atoms with Crippen molar-refractivity contribution in [2.24, 2.45) is 0 Å². The Morgan fingerprint density at radius 1 is 1.19 bits per heavy atom. The fourth-order valence-electron chi connectivity index (χ4n) is 3.56. The smallest absolute Gasteiger partial charge is 0.346 e. The number of benzene rings is 1. The van der Waals surface area contributed by atoms with Crippen LogP contribution in [-0.4, -0.2) is 33.4 Å². The first-order valence-electron chi connectivity index (χ1n) is 9.79. The maximum absolute atomic E-state index is 12.4. The van der Waals surface area contributed by atoms with Gasteiger partial charge in [-0.2, -0.15) is 5.10 Å². The van der Waals surface area contributed by atoms with Crippen molar-refractivity contribution in [3.05, 3.63) is 46.1 Å². The summed E-state index contributed by atoms with van der Waals surface area (Å²) >= 11 is 0. The minimum Gasteiger partial charge on any atom is -0.459 e. The highest BCUT2D eigenvalue weighted by Crippen LogP contribution is 2.21. The van der Waals surface area contributed by atoms with Crippen molar-refractivity contribution >= 4 is 11.7 Å². The molecule has 0 amide bonds. The number of ether oxygens (including phenoxy) is 1. The highest BCUT2D eigenvalue weighted by Gasteiger charge is 2.18. The zero-order valence-electron chi connectivity index (χ0n) is 16.2. The molecule has 7 nitrogen and oxygen atoms in total. The molecule has 0 spiro atoms. The van der Waals surface area contributed by atoms with E-state index in [0.717, 1.165) is 55.8 Å². The predicted octanol–water partition coefficient (Wildman–Crippen LogP) is 2.36. The molecule has 2 aromatic rings. The molecule has 2 heterocycles. The standard InChI is InChI=1S/C20H28N4O3/c1-3-22(4-2)17-11-8-7-10-16(17)15-27-19(25)14-24-20(26)23-13-9-5-6-12-18(23)21-24/h7-8,10-11H,3-6,9,12-15H2,1-2H3. The SMILES string of the molecule is CCN(CC)c1ccccc1COC(=O)Cn1nc2n(c1=O)CCCCC2. The summed E-state index contributed by atoms with van der Waals surface area (Å²) in [5, 5.41) is 4.34. The van der Waals surface area contributed by atoms with Crippen molar-refractivity contribution < 1.29 is 9.53 Å². The van der Waals surface area contributed by atoms with Crippen molar-refractivity contribution in [2.75, 3.05) is 18.0 Å². The second kappa shape index (κ2) is 8.88. The number of esters is 1. The van der Waals surface area contributed by atoms with Gasteiger partial charge in [-0.3, -0.25) is 9.36 Å². The first kappa shape index (κ1) is 19.2. The van der Waals surface area contributed by atoms with E-state index in [4.69, 9.17) is 4.74 Å². The second-order valence-corrected chi connectivity index (χ2v) is 6.78. The Morgan fingerprint density at radius 2 is 1.96 bits per heavy atom. The molecule has 146 valence electrons. The Labute approximate surface area is 159 Å². The lowest BCUT2D eigenvalue weighted by Crippen LogP contribution is -2.29. The fourth-order valence-corrected chi connectivity index (χ4v) is 3.56. The van der Waals surface area contributed by atoms with E-state index in [2.05, 4.69) is 23.8 Å². The first-order chi connectivity index (χ1) is 13.1. The van der Waals surface area contributed by atoms with Crippen LogP contribution in [0.5, 0.6) is 0 Å². The molecule has 1 aliphatic rings. The van der Waals surface area contributed by atoms with Crippen molar-refractivity contribution in [1.29, 1.82) is 0 Å². The number of anilines is 1. The summed E-state index contributed by atoms with van der Waals surface area (Å²) in [6, 6.07) is 7.92. The summed E-state index contributed by atoms with van der Waals surface area (Å²) in [7, 11) is 0. The van der Waals surface area contributed by atoms with Crippen LogP contribution in [0.2, 0.25) is 0 Å². The molecular formula is C20H28N4O3. The fraction of sp³-hybridized carbons (Fsp3) is 0.550. The number of para-hydroxylation sites is 1. The van der Waals surface area contributed by atoms with Gasteiger partial charge in [0.1, 0.15) is 19.0 Å². The summed E-state index contributed by atoms with van der Waals surface area (Å²) < 4.78 is 8.37. The van der Waals surface area contributed by atoms with Gasteiger partial charge in [-0.05, 0) is 32.8 Å². The van der Waals surface area contributed by atoms with E-state index < -0.39 is 5.97 Å². The average Bonchev–Trinajstić information content (AvgIpc) is 2.85. The van der Waals surface area contributed by atoms with E-state index in [9.17, 15) is 9.59 Å². The van der Waals surface area contributed by atoms with Crippen LogP contribution in [0, 0.1) is 0 Å². The third-order valence-corrected chi connectivity index (χ3v) is 5.04. The molecule has 0 radical (unpaired) electrons. The number of aromatic nitrogens is 3. The summed E-state index contributed by atoms with van der Waals surface area (Å²) in [5.41, 5.74) is 1.82. The van der Waals surface area contributed by atoms with Gasteiger partial charge in [0.05, 0.1) is 0 Å². The zero-order chi connectivity index (χ0) is 19.2. The summed E-state index contributed by atoms with van der Waals surface area (Å²) in [6.07, 6.45) is 3.90. The quantitative estimate of drug-likeness (QED) is 0.698. The lowest BCUT2D eigenvalue weighted by Gasteiger charge is -2.24. The molecule has 0 bridgehead atoms. The van der Waals surface area contributed by atoms with Crippen LogP contribution in [0.3, 0.4) is 0 Å². The summed E-state index contributed by atoms with van der Waals surface area (Å²) in [5.74, 6) is 0.330. The first-order valence-corrected chi connectivity index (χ1v) is 9.79. The number of carbonyl (C=O) groups excluding carboxylic acids is 1. The molecule has 1 aromatic heterocycles. The van der Waals surface area contributed by atoms with E-state index in [0.29, 0.717) is 6.54 Å². The minimum atomic E-state index is -0.445. The molecule has 0 N–H and O–H groups in total. The molecule has 27 heavy (non-hydrogen) atoms. The molecule has 0 unspecified atom stereocenters. The Balaban J connectivity index is 1.65. The molecule has 0 saturated carbocycles. The van der Waals surface area contributed by atoms with E-state index in [1.807, 2.05) is 24.3 Å². The molecule has 7 heteroatoms. The van der Waals surface area contributed by atoms with Gasteiger partial charge in [0.2, 0.25) is 0 Å². The highest BCUT2D eigenvalue weighted by atomic mass is 16.5. The lowest BCUT2D eigenvalue weighted by molar-refractivity contribution is -0.145. The van der Waals surface area contributed by atoms with E-state index in [1.165, 1.54) is 4.68 Å². The molecule has 0 fully saturated rings. The number of nitrogens with zero attached hydrogens (tertiary/aromatic N) is 4. The number of hydrogen-bond donors (Lipinski definition) is 0. The van der Waals surface area contributed by atoms with Gasteiger partial charge in [0.15, 0.2) is 0 Å². The largest absolute Gasteiger partial charge is 0.459 e. The highest BCUT2D eigenvalue weighted by molar-refractivity contribution is 5.69. The number of carbonyl (C=O) groups is 1.